The molecule has 1 aromatic heterocycles. The van der Waals surface area contributed by atoms with Gasteiger partial charge in [0.1, 0.15) is 11.6 Å². The molecule has 0 aliphatic carbocycles. The van der Waals surface area contributed by atoms with Gasteiger partial charge in [-0.3, -0.25) is 0 Å². The van der Waals surface area contributed by atoms with Gasteiger partial charge >= 0.3 is 0 Å². The number of aromatic nitrogens is 1. The van der Waals surface area contributed by atoms with Crippen LogP contribution in [0.15, 0.2) is 30.5 Å². The van der Waals surface area contributed by atoms with Gasteiger partial charge in [0.25, 0.3) is 0 Å². The van der Waals surface area contributed by atoms with Crippen LogP contribution in [-0.4, -0.2) is 30.5 Å². The van der Waals surface area contributed by atoms with E-state index in [1.165, 1.54) is 18.2 Å². The Morgan fingerprint density at radius 1 is 1.25 bits per heavy atom. The van der Waals surface area contributed by atoms with Gasteiger partial charge in [-0.05, 0) is 30.9 Å². The number of rotatable bonds is 3. The lowest BCUT2D eigenvalue weighted by atomic mass is 9.98. The number of halogens is 1. The molecule has 0 N–H and O–H groups in total. The highest BCUT2D eigenvalue weighted by molar-refractivity contribution is 9.09. The van der Waals surface area contributed by atoms with Gasteiger partial charge in [0.15, 0.2) is 0 Å². The summed E-state index contributed by atoms with van der Waals surface area (Å²) in [5, 5.41) is 3.43. The SMILES string of the molecule is COc1cccc2c(N3CCC(CBr)CC3)nccc12. The summed E-state index contributed by atoms with van der Waals surface area (Å²) in [6, 6.07) is 8.21. The van der Waals surface area contributed by atoms with Gasteiger partial charge in [-0.2, -0.15) is 0 Å². The smallest absolute Gasteiger partial charge is 0.136 e. The van der Waals surface area contributed by atoms with Crippen LogP contribution in [0.5, 0.6) is 5.75 Å². The molecule has 0 spiro atoms. The van der Waals surface area contributed by atoms with Crippen LogP contribution in [0.2, 0.25) is 0 Å². The number of ether oxygens (including phenoxy) is 1. The normalized spacial score (nSPS) is 16.6. The standard InChI is InChI=1S/C16H19BrN2O/c1-20-15-4-2-3-14-13(15)5-8-18-16(14)19-9-6-12(11-17)7-10-19/h2-5,8,12H,6-7,9-11H2,1H3. The van der Waals surface area contributed by atoms with E-state index >= 15 is 0 Å². The highest BCUT2D eigenvalue weighted by Gasteiger charge is 2.21. The zero-order valence-electron chi connectivity index (χ0n) is 11.7. The van der Waals surface area contributed by atoms with E-state index in [-0.39, 0.29) is 0 Å². The van der Waals surface area contributed by atoms with Crippen LogP contribution in [0.3, 0.4) is 0 Å². The molecule has 3 nitrogen and oxygen atoms in total. The summed E-state index contributed by atoms with van der Waals surface area (Å²) in [6.07, 6.45) is 4.34. The van der Waals surface area contributed by atoms with Gasteiger partial charge in [-0.25, -0.2) is 4.98 Å². The number of piperidine rings is 1. The number of hydrogen-bond acceptors (Lipinski definition) is 3. The molecule has 3 rings (SSSR count). The summed E-state index contributed by atoms with van der Waals surface area (Å²) in [4.78, 5) is 7.02. The predicted molar refractivity (Wildman–Crippen MR) is 87.0 cm³/mol. The van der Waals surface area contributed by atoms with Crippen LogP contribution in [0.1, 0.15) is 12.8 Å². The van der Waals surface area contributed by atoms with Gasteiger partial charge in [0, 0.05) is 35.4 Å². The first-order valence-corrected chi connectivity index (χ1v) is 8.18. The van der Waals surface area contributed by atoms with Crippen LogP contribution < -0.4 is 9.64 Å². The average Bonchev–Trinajstić information content (AvgIpc) is 2.54. The molecule has 106 valence electrons. The Bertz CT molecular complexity index is 594. The lowest BCUT2D eigenvalue weighted by Gasteiger charge is -2.32. The number of anilines is 1. The second-order valence-electron chi connectivity index (χ2n) is 5.27. The van der Waals surface area contributed by atoms with Crippen molar-refractivity contribution < 1.29 is 4.74 Å². The van der Waals surface area contributed by atoms with Crippen molar-refractivity contribution in [2.24, 2.45) is 5.92 Å². The molecule has 0 atom stereocenters. The zero-order valence-corrected chi connectivity index (χ0v) is 13.3. The van der Waals surface area contributed by atoms with E-state index in [4.69, 9.17) is 4.74 Å². The van der Waals surface area contributed by atoms with E-state index in [0.717, 1.165) is 41.3 Å². The second-order valence-corrected chi connectivity index (χ2v) is 5.92. The first kappa shape index (κ1) is 13.7. The molecular weight excluding hydrogens is 316 g/mol. The first-order chi connectivity index (χ1) is 9.83. The zero-order chi connectivity index (χ0) is 13.9. The Balaban J connectivity index is 1.96. The minimum absolute atomic E-state index is 0.802. The number of alkyl halides is 1. The third kappa shape index (κ3) is 2.49. The minimum atomic E-state index is 0.802. The van der Waals surface area contributed by atoms with Crippen molar-refractivity contribution in [1.82, 2.24) is 4.98 Å². The van der Waals surface area contributed by atoms with Gasteiger partial charge < -0.3 is 9.64 Å². The number of fused-ring (bicyclic) bond motifs is 1. The molecule has 0 bridgehead atoms. The van der Waals surface area contributed by atoms with Gasteiger partial charge in [-0.1, -0.05) is 28.1 Å². The third-order valence-corrected chi connectivity index (χ3v) is 5.01. The maximum atomic E-state index is 5.45. The van der Waals surface area contributed by atoms with Crippen LogP contribution in [0, 0.1) is 5.92 Å². The quantitative estimate of drug-likeness (QED) is 0.797. The topological polar surface area (TPSA) is 25.4 Å². The van der Waals surface area contributed by atoms with E-state index in [0.29, 0.717) is 0 Å². The molecule has 1 aliphatic rings. The molecule has 2 heterocycles. The number of hydrogen-bond donors (Lipinski definition) is 0. The lowest BCUT2D eigenvalue weighted by Crippen LogP contribution is -2.34. The van der Waals surface area contributed by atoms with Crippen LogP contribution in [0.4, 0.5) is 5.82 Å². The molecule has 1 aliphatic heterocycles. The lowest BCUT2D eigenvalue weighted by molar-refractivity contribution is 0.419. The molecule has 0 radical (unpaired) electrons. The summed E-state index contributed by atoms with van der Waals surface area (Å²) in [5.74, 6) is 2.81. The van der Waals surface area contributed by atoms with Crippen molar-refractivity contribution in [2.45, 2.75) is 12.8 Å². The molecule has 1 aromatic carbocycles. The number of nitrogens with zero attached hydrogens (tertiary/aromatic N) is 2. The van der Waals surface area contributed by atoms with E-state index in [1.807, 2.05) is 24.4 Å². The predicted octanol–water partition coefficient (Wildman–Crippen LogP) is 3.85. The number of methoxy groups -OCH3 is 1. The summed E-state index contributed by atoms with van der Waals surface area (Å²) in [5.41, 5.74) is 0. The maximum Gasteiger partial charge on any atom is 0.136 e. The van der Waals surface area contributed by atoms with Crippen LogP contribution in [0.25, 0.3) is 10.8 Å². The molecule has 20 heavy (non-hydrogen) atoms. The van der Waals surface area contributed by atoms with Gasteiger partial charge in [-0.15, -0.1) is 0 Å². The Hall–Kier alpha value is -1.29. The molecule has 1 fully saturated rings. The number of benzene rings is 1. The molecule has 1 saturated heterocycles. The van der Waals surface area contributed by atoms with Crippen LogP contribution >= 0.6 is 15.9 Å². The van der Waals surface area contributed by atoms with Crippen molar-refractivity contribution in [1.29, 1.82) is 0 Å². The summed E-state index contributed by atoms with van der Waals surface area (Å²) in [7, 11) is 1.72. The second kappa shape index (κ2) is 6.00. The molecule has 0 saturated carbocycles. The van der Waals surface area contributed by atoms with Crippen molar-refractivity contribution in [2.75, 3.05) is 30.4 Å². The number of pyridine rings is 1. The Labute approximate surface area is 128 Å². The van der Waals surface area contributed by atoms with Crippen molar-refractivity contribution in [3.63, 3.8) is 0 Å². The van der Waals surface area contributed by atoms with E-state index in [1.54, 1.807) is 7.11 Å². The van der Waals surface area contributed by atoms with E-state index in [2.05, 4.69) is 31.9 Å². The van der Waals surface area contributed by atoms with Gasteiger partial charge in [0.2, 0.25) is 0 Å². The first-order valence-electron chi connectivity index (χ1n) is 7.06. The van der Waals surface area contributed by atoms with Crippen molar-refractivity contribution in [3.05, 3.63) is 30.5 Å². The molecule has 0 unspecified atom stereocenters. The Kier molecular flexibility index (Phi) is 4.10. The fourth-order valence-electron chi connectivity index (χ4n) is 2.89. The monoisotopic (exact) mass is 334 g/mol. The third-order valence-electron chi connectivity index (χ3n) is 4.10. The van der Waals surface area contributed by atoms with Gasteiger partial charge in [0.05, 0.1) is 7.11 Å². The average molecular weight is 335 g/mol. The molecule has 0 amide bonds. The fourth-order valence-corrected chi connectivity index (χ4v) is 3.54. The summed E-state index contributed by atoms with van der Waals surface area (Å²) >= 11 is 3.60. The maximum absolute atomic E-state index is 5.45. The molecule has 4 heteroatoms. The molecule has 2 aromatic rings. The molecular formula is C16H19BrN2O. The summed E-state index contributed by atoms with van der Waals surface area (Å²) < 4.78 is 5.45. The fraction of sp³-hybridized carbons (Fsp3) is 0.438. The van der Waals surface area contributed by atoms with Crippen LogP contribution in [-0.2, 0) is 0 Å². The van der Waals surface area contributed by atoms with E-state index < -0.39 is 0 Å². The summed E-state index contributed by atoms with van der Waals surface area (Å²) in [6.45, 7) is 2.17. The Morgan fingerprint density at radius 3 is 2.75 bits per heavy atom. The Morgan fingerprint density at radius 2 is 2.05 bits per heavy atom. The highest BCUT2D eigenvalue weighted by Crippen LogP contribution is 2.32. The van der Waals surface area contributed by atoms with Crippen molar-refractivity contribution >= 4 is 32.5 Å². The largest absolute Gasteiger partial charge is 0.496 e. The van der Waals surface area contributed by atoms with E-state index in [9.17, 15) is 0 Å². The van der Waals surface area contributed by atoms with Crippen molar-refractivity contribution in [3.8, 4) is 5.75 Å². The minimum Gasteiger partial charge on any atom is -0.496 e. The highest BCUT2D eigenvalue weighted by atomic mass is 79.9.